The molecule has 0 bridgehead atoms. The van der Waals surface area contributed by atoms with Gasteiger partial charge in [-0.05, 0) is 0 Å². The van der Waals surface area contributed by atoms with E-state index in [-0.39, 0.29) is 6.54 Å². The fourth-order valence-corrected chi connectivity index (χ4v) is 0.753. The number of carbonyl (C=O) groups is 3. The summed E-state index contributed by atoms with van der Waals surface area (Å²) in [6, 6.07) is -1.15. The third-order valence-electron chi connectivity index (χ3n) is 1.74. The van der Waals surface area contributed by atoms with Crippen LogP contribution in [-0.4, -0.2) is 40.6 Å². The van der Waals surface area contributed by atoms with Gasteiger partial charge in [0.1, 0.15) is 0 Å². The number of hydrogen-bond donors (Lipinski definition) is 4. The van der Waals surface area contributed by atoms with E-state index < -0.39 is 36.2 Å². The van der Waals surface area contributed by atoms with Crippen LogP contribution in [0.1, 0.15) is 13.3 Å². The van der Waals surface area contributed by atoms with Crippen LogP contribution >= 0.6 is 0 Å². The number of carboxylic acid groups (broad SMARTS) is 2. The zero-order chi connectivity index (χ0) is 12.0. The van der Waals surface area contributed by atoms with Gasteiger partial charge in [0.25, 0.3) is 0 Å². The molecule has 1 amide bonds. The first kappa shape index (κ1) is 13.4. The first-order valence-electron chi connectivity index (χ1n) is 4.32. The first-order valence-corrected chi connectivity index (χ1v) is 4.32. The van der Waals surface area contributed by atoms with Crippen LogP contribution in [0.3, 0.4) is 0 Å². The number of hydrogen-bond acceptors (Lipinski definition) is 4. The lowest BCUT2D eigenvalue weighted by Crippen LogP contribution is -2.44. The van der Waals surface area contributed by atoms with E-state index in [1.54, 1.807) is 0 Å². The van der Waals surface area contributed by atoms with E-state index in [1.807, 2.05) is 0 Å². The molecule has 7 heteroatoms. The van der Waals surface area contributed by atoms with Crippen LogP contribution in [0.4, 0.5) is 0 Å². The van der Waals surface area contributed by atoms with E-state index in [1.165, 1.54) is 6.92 Å². The van der Waals surface area contributed by atoms with Crippen LogP contribution in [0.25, 0.3) is 0 Å². The molecule has 0 spiro atoms. The molecule has 0 radical (unpaired) electrons. The van der Waals surface area contributed by atoms with Crippen LogP contribution in [0.15, 0.2) is 0 Å². The lowest BCUT2D eigenvalue weighted by molar-refractivity contribution is -0.142. The van der Waals surface area contributed by atoms with Gasteiger partial charge in [0.05, 0.1) is 18.4 Å². The average Bonchev–Trinajstić information content (AvgIpc) is 2.12. The van der Waals surface area contributed by atoms with Gasteiger partial charge >= 0.3 is 11.9 Å². The van der Waals surface area contributed by atoms with Crippen molar-refractivity contribution in [3.05, 3.63) is 0 Å². The monoisotopic (exact) mass is 218 g/mol. The summed E-state index contributed by atoms with van der Waals surface area (Å²) in [6.45, 7) is 1.35. The largest absolute Gasteiger partial charge is 0.481 e. The van der Waals surface area contributed by atoms with Crippen molar-refractivity contribution >= 4 is 17.8 Å². The molecule has 0 saturated carbocycles. The van der Waals surface area contributed by atoms with Gasteiger partial charge in [0, 0.05) is 6.54 Å². The Kier molecular flexibility index (Phi) is 5.32. The number of aliphatic carboxylic acids is 2. The van der Waals surface area contributed by atoms with Crippen LogP contribution in [-0.2, 0) is 14.4 Å². The second-order valence-corrected chi connectivity index (χ2v) is 3.19. The van der Waals surface area contributed by atoms with E-state index in [4.69, 9.17) is 15.9 Å². The van der Waals surface area contributed by atoms with Crippen LogP contribution in [0.5, 0.6) is 0 Å². The Hall–Kier alpha value is -1.63. The topological polar surface area (TPSA) is 130 Å². The molecule has 0 aliphatic carbocycles. The van der Waals surface area contributed by atoms with E-state index >= 15 is 0 Å². The molecule has 7 nitrogen and oxygen atoms in total. The number of nitrogens with two attached hydrogens (primary N) is 1. The van der Waals surface area contributed by atoms with Crippen molar-refractivity contribution in [3.63, 3.8) is 0 Å². The second-order valence-electron chi connectivity index (χ2n) is 3.19. The molecule has 0 aromatic rings. The maximum atomic E-state index is 11.1. The first-order chi connectivity index (χ1) is 6.84. The molecule has 0 heterocycles. The zero-order valence-electron chi connectivity index (χ0n) is 8.27. The molecule has 0 aromatic heterocycles. The molecule has 0 aromatic carbocycles. The Labute approximate surface area is 86.3 Å². The Bertz CT molecular complexity index is 266. The van der Waals surface area contributed by atoms with E-state index in [0.717, 1.165) is 0 Å². The third-order valence-corrected chi connectivity index (χ3v) is 1.74. The van der Waals surface area contributed by atoms with Crippen LogP contribution in [0.2, 0.25) is 0 Å². The Morgan fingerprint density at radius 3 is 2.27 bits per heavy atom. The van der Waals surface area contributed by atoms with Crippen LogP contribution < -0.4 is 11.1 Å². The summed E-state index contributed by atoms with van der Waals surface area (Å²) in [5.74, 6) is -3.61. The molecule has 0 aliphatic rings. The molecule has 2 atom stereocenters. The normalized spacial score (nSPS) is 14.0. The minimum Gasteiger partial charge on any atom is -0.481 e. The minimum absolute atomic E-state index is 0.0680. The fraction of sp³-hybridized carbons (Fsp3) is 0.625. The van der Waals surface area contributed by atoms with Gasteiger partial charge in [-0.15, -0.1) is 0 Å². The second kappa shape index (κ2) is 5.97. The van der Waals surface area contributed by atoms with Gasteiger partial charge in [-0.2, -0.15) is 0 Å². The fourth-order valence-electron chi connectivity index (χ4n) is 0.753. The van der Waals surface area contributed by atoms with Gasteiger partial charge in [-0.25, -0.2) is 0 Å². The molecule has 2 unspecified atom stereocenters. The predicted octanol–water partition coefficient (Wildman–Crippen LogP) is -1.37. The molecular weight excluding hydrogens is 204 g/mol. The summed E-state index contributed by atoms with van der Waals surface area (Å²) < 4.78 is 0. The highest BCUT2D eigenvalue weighted by Gasteiger charge is 2.18. The highest BCUT2D eigenvalue weighted by molar-refractivity contribution is 5.86. The number of amides is 1. The quantitative estimate of drug-likeness (QED) is 0.435. The van der Waals surface area contributed by atoms with E-state index in [9.17, 15) is 14.4 Å². The minimum atomic E-state index is -1.18. The molecule has 5 N–H and O–H groups in total. The maximum Gasteiger partial charge on any atom is 0.308 e. The maximum absolute atomic E-state index is 11.1. The predicted molar refractivity (Wildman–Crippen MR) is 50.0 cm³/mol. The summed E-state index contributed by atoms with van der Waals surface area (Å²) in [7, 11) is 0. The highest BCUT2D eigenvalue weighted by atomic mass is 16.4. The van der Waals surface area contributed by atoms with Crippen molar-refractivity contribution < 1.29 is 24.6 Å². The summed E-state index contributed by atoms with van der Waals surface area (Å²) in [5, 5.41) is 19.1. The smallest absolute Gasteiger partial charge is 0.308 e. The standard InChI is InChI=1S/C8H14N2O5/c1-4(8(14)15)3-10-7(13)5(9)2-6(11)12/h4-5H,2-3,9H2,1H3,(H,10,13)(H,11,12)(H,14,15). The number of rotatable bonds is 6. The summed E-state index contributed by atoms with van der Waals surface area (Å²) >= 11 is 0. The molecule has 0 saturated heterocycles. The summed E-state index contributed by atoms with van der Waals surface area (Å²) in [4.78, 5) is 31.7. The van der Waals surface area contributed by atoms with Crippen molar-refractivity contribution in [3.8, 4) is 0 Å². The lowest BCUT2D eigenvalue weighted by atomic mass is 10.1. The SMILES string of the molecule is CC(CNC(=O)C(N)CC(=O)O)C(=O)O. The molecule has 0 rings (SSSR count). The molecule has 15 heavy (non-hydrogen) atoms. The van der Waals surface area contributed by atoms with E-state index in [0.29, 0.717) is 0 Å². The Balaban J connectivity index is 3.93. The molecule has 0 fully saturated rings. The summed E-state index contributed by atoms with van der Waals surface area (Å²) in [5.41, 5.74) is 5.24. The van der Waals surface area contributed by atoms with Gasteiger partial charge in [-0.3, -0.25) is 14.4 Å². The molecule has 86 valence electrons. The number of nitrogens with one attached hydrogen (secondary N) is 1. The molecule has 0 aliphatic heterocycles. The van der Waals surface area contributed by atoms with Gasteiger partial charge in [0.2, 0.25) is 5.91 Å². The van der Waals surface area contributed by atoms with Crippen molar-refractivity contribution in [2.24, 2.45) is 11.7 Å². The number of carbonyl (C=O) groups excluding carboxylic acids is 1. The number of carboxylic acids is 2. The van der Waals surface area contributed by atoms with Crippen molar-refractivity contribution in [2.75, 3.05) is 6.54 Å². The van der Waals surface area contributed by atoms with Crippen molar-refractivity contribution in [1.82, 2.24) is 5.32 Å². The van der Waals surface area contributed by atoms with Gasteiger partial charge in [0.15, 0.2) is 0 Å². The van der Waals surface area contributed by atoms with Gasteiger partial charge < -0.3 is 21.3 Å². The third kappa shape index (κ3) is 5.63. The van der Waals surface area contributed by atoms with Crippen LogP contribution in [0, 0.1) is 5.92 Å². The summed E-state index contributed by atoms with van der Waals surface area (Å²) in [6.07, 6.45) is -0.479. The Morgan fingerprint density at radius 2 is 1.87 bits per heavy atom. The zero-order valence-corrected chi connectivity index (χ0v) is 8.27. The Morgan fingerprint density at radius 1 is 1.33 bits per heavy atom. The van der Waals surface area contributed by atoms with Gasteiger partial charge in [-0.1, -0.05) is 6.92 Å². The highest BCUT2D eigenvalue weighted by Crippen LogP contribution is 1.93. The van der Waals surface area contributed by atoms with E-state index in [2.05, 4.69) is 5.32 Å². The molecular formula is C8H14N2O5. The average molecular weight is 218 g/mol. The van der Waals surface area contributed by atoms with Crippen molar-refractivity contribution in [1.29, 1.82) is 0 Å². The lowest BCUT2D eigenvalue weighted by Gasteiger charge is -2.11. The van der Waals surface area contributed by atoms with Crippen molar-refractivity contribution in [2.45, 2.75) is 19.4 Å².